The highest BCUT2D eigenvalue weighted by Crippen LogP contribution is 2.34. The molecule has 4 rings (SSSR count). The summed E-state index contributed by atoms with van der Waals surface area (Å²) < 4.78 is 6.01. The van der Waals surface area contributed by atoms with Crippen molar-refractivity contribution in [2.45, 2.75) is 51.4 Å². The van der Waals surface area contributed by atoms with Crippen LogP contribution in [0.4, 0.5) is 5.69 Å². The lowest BCUT2D eigenvalue weighted by Gasteiger charge is -2.45. The molecule has 152 valence electrons. The maximum absolute atomic E-state index is 6.01. The minimum atomic E-state index is -0.558. The molecule has 0 amide bonds. The van der Waals surface area contributed by atoms with Crippen LogP contribution < -0.4 is 5.32 Å². The van der Waals surface area contributed by atoms with Crippen LogP contribution in [0.15, 0.2) is 30.5 Å². The fourth-order valence-corrected chi connectivity index (χ4v) is 3.80. The Hall–Kier alpha value is -1.73. The number of likely N-dealkylation sites (tertiary alicyclic amines) is 1. The van der Waals surface area contributed by atoms with Crippen molar-refractivity contribution in [2.24, 2.45) is 0 Å². The van der Waals surface area contributed by atoms with E-state index < -0.39 is 5.79 Å². The van der Waals surface area contributed by atoms with E-state index >= 15 is 0 Å². The summed E-state index contributed by atoms with van der Waals surface area (Å²) >= 11 is 0. The highest BCUT2D eigenvalue weighted by atomic mass is 17.2. The summed E-state index contributed by atoms with van der Waals surface area (Å²) in [4.78, 5) is 18.1. The maximum atomic E-state index is 6.01. The molecule has 0 bridgehead atoms. The van der Waals surface area contributed by atoms with Crippen molar-refractivity contribution in [1.82, 2.24) is 9.88 Å². The molecule has 1 N–H and O–H groups in total. The molecule has 2 aromatic rings. The number of aromatic nitrogens is 1. The van der Waals surface area contributed by atoms with Crippen LogP contribution in [0.1, 0.15) is 39.2 Å². The first-order valence-electron chi connectivity index (χ1n) is 10.3. The van der Waals surface area contributed by atoms with Gasteiger partial charge in [-0.25, -0.2) is 9.78 Å². The molecule has 2 aliphatic heterocycles. The number of pyridine rings is 1. The molecular weight excluding hydrogens is 354 g/mol. The summed E-state index contributed by atoms with van der Waals surface area (Å²) in [5.74, 6) is -0.558. The van der Waals surface area contributed by atoms with E-state index in [1.54, 1.807) is 0 Å². The standard InChI is InChI=1S/C22H31N3O3/c1-4-17-5-6-18-19(7-10-23-20(18)15-17)24-11-14-25-12-8-22(9-13-25)26-16-21(2,3)27-28-22/h5-7,10,15H,4,8-9,11-14,16H2,1-3H3,(H,23,24). The van der Waals surface area contributed by atoms with E-state index in [0.717, 1.165) is 56.6 Å². The topological polar surface area (TPSA) is 55.9 Å². The number of fused-ring (bicyclic) bond motifs is 1. The van der Waals surface area contributed by atoms with E-state index in [-0.39, 0.29) is 5.60 Å². The Labute approximate surface area is 167 Å². The molecule has 6 nitrogen and oxygen atoms in total. The molecule has 28 heavy (non-hydrogen) atoms. The molecule has 2 saturated heterocycles. The lowest BCUT2D eigenvalue weighted by molar-refractivity contribution is -0.511. The van der Waals surface area contributed by atoms with Gasteiger partial charge in [-0.2, -0.15) is 0 Å². The van der Waals surface area contributed by atoms with E-state index in [2.05, 4.69) is 46.4 Å². The van der Waals surface area contributed by atoms with Gasteiger partial charge in [0.15, 0.2) is 0 Å². The molecule has 3 heterocycles. The molecule has 0 aliphatic carbocycles. The normalized spacial score (nSPS) is 21.8. The van der Waals surface area contributed by atoms with Crippen LogP contribution in [0.5, 0.6) is 0 Å². The van der Waals surface area contributed by atoms with Crippen molar-refractivity contribution in [1.29, 1.82) is 0 Å². The van der Waals surface area contributed by atoms with Gasteiger partial charge in [-0.15, -0.1) is 0 Å². The average Bonchev–Trinajstić information content (AvgIpc) is 2.71. The van der Waals surface area contributed by atoms with Gasteiger partial charge in [0.1, 0.15) is 5.60 Å². The number of nitrogens with one attached hydrogen (secondary N) is 1. The lowest BCUT2D eigenvalue weighted by Crippen LogP contribution is -2.55. The zero-order chi connectivity index (χ0) is 19.6. The van der Waals surface area contributed by atoms with Gasteiger partial charge < -0.3 is 15.0 Å². The maximum Gasteiger partial charge on any atom is 0.204 e. The third kappa shape index (κ3) is 4.30. The fourth-order valence-electron chi connectivity index (χ4n) is 3.80. The number of anilines is 1. The number of piperidine rings is 1. The second-order valence-electron chi connectivity index (χ2n) is 8.46. The number of aryl methyl sites for hydroxylation is 1. The van der Waals surface area contributed by atoms with Crippen LogP contribution in [0.3, 0.4) is 0 Å². The summed E-state index contributed by atoms with van der Waals surface area (Å²) in [5, 5.41) is 4.77. The summed E-state index contributed by atoms with van der Waals surface area (Å²) in [6.07, 6.45) is 4.58. The Balaban J connectivity index is 1.28. The molecule has 2 fully saturated rings. The van der Waals surface area contributed by atoms with Gasteiger partial charge in [0, 0.05) is 56.3 Å². The van der Waals surface area contributed by atoms with Crippen molar-refractivity contribution in [3.05, 3.63) is 36.0 Å². The highest BCUT2D eigenvalue weighted by molar-refractivity contribution is 5.91. The van der Waals surface area contributed by atoms with Gasteiger partial charge in [-0.1, -0.05) is 19.1 Å². The molecule has 1 spiro atoms. The molecule has 6 heteroatoms. The van der Waals surface area contributed by atoms with Gasteiger partial charge >= 0.3 is 0 Å². The van der Waals surface area contributed by atoms with E-state index in [1.807, 2.05) is 20.0 Å². The quantitative estimate of drug-likeness (QED) is 0.791. The number of nitrogens with zero attached hydrogens (tertiary/aromatic N) is 2. The second kappa shape index (κ2) is 7.95. The molecular formula is C22H31N3O3. The third-order valence-corrected chi connectivity index (χ3v) is 5.68. The summed E-state index contributed by atoms with van der Waals surface area (Å²) in [6.45, 7) is 10.5. The molecule has 1 aromatic heterocycles. The van der Waals surface area contributed by atoms with Crippen LogP contribution >= 0.6 is 0 Å². The van der Waals surface area contributed by atoms with Crippen LogP contribution in [0.2, 0.25) is 0 Å². The van der Waals surface area contributed by atoms with Gasteiger partial charge in [-0.3, -0.25) is 4.98 Å². The number of rotatable bonds is 5. The highest BCUT2D eigenvalue weighted by Gasteiger charge is 2.44. The summed E-state index contributed by atoms with van der Waals surface area (Å²) in [5.41, 5.74) is 3.16. The van der Waals surface area contributed by atoms with Gasteiger partial charge in [0.05, 0.1) is 12.1 Å². The van der Waals surface area contributed by atoms with Crippen molar-refractivity contribution in [2.75, 3.05) is 38.1 Å². The van der Waals surface area contributed by atoms with Crippen LogP contribution in [-0.4, -0.2) is 54.1 Å². The third-order valence-electron chi connectivity index (χ3n) is 5.68. The molecule has 0 saturated carbocycles. The van der Waals surface area contributed by atoms with E-state index in [0.29, 0.717) is 6.61 Å². The molecule has 0 radical (unpaired) electrons. The number of ether oxygens (including phenoxy) is 1. The van der Waals surface area contributed by atoms with Crippen molar-refractivity contribution < 1.29 is 14.5 Å². The summed E-state index contributed by atoms with van der Waals surface area (Å²) in [6, 6.07) is 8.60. The second-order valence-corrected chi connectivity index (χ2v) is 8.46. The van der Waals surface area contributed by atoms with Crippen LogP contribution in [0.25, 0.3) is 10.9 Å². The van der Waals surface area contributed by atoms with E-state index in [9.17, 15) is 0 Å². The zero-order valence-electron chi connectivity index (χ0n) is 17.2. The molecule has 0 atom stereocenters. The van der Waals surface area contributed by atoms with Crippen LogP contribution in [0, 0.1) is 0 Å². The number of hydrogen-bond donors (Lipinski definition) is 1. The lowest BCUT2D eigenvalue weighted by atomic mass is 10.0. The molecule has 1 aromatic carbocycles. The Bertz CT molecular complexity index is 804. The predicted molar refractivity (Wildman–Crippen MR) is 110 cm³/mol. The minimum Gasteiger partial charge on any atom is -0.383 e. The van der Waals surface area contributed by atoms with Gasteiger partial charge in [-0.05, 0) is 38.0 Å². The first-order chi connectivity index (χ1) is 13.5. The Kier molecular flexibility index (Phi) is 5.56. The monoisotopic (exact) mass is 385 g/mol. The number of benzene rings is 1. The largest absolute Gasteiger partial charge is 0.383 e. The van der Waals surface area contributed by atoms with E-state index in [4.69, 9.17) is 14.5 Å². The first kappa shape index (κ1) is 19.6. The van der Waals surface area contributed by atoms with Gasteiger partial charge in [0.2, 0.25) is 5.79 Å². The SMILES string of the molecule is CCc1ccc2c(NCCN3CCC4(CC3)OCC(C)(C)OO4)ccnc2c1. The van der Waals surface area contributed by atoms with Crippen molar-refractivity contribution in [3.8, 4) is 0 Å². The van der Waals surface area contributed by atoms with Gasteiger partial charge in [0.25, 0.3) is 0 Å². The zero-order valence-corrected chi connectivity index (χ0v) is 17.2. The summed E-state index contributed by atoms with van der Waals surface area (Å²) in [7, 11) is 0. The van der Waals surface area contributed by atoms with Crippen molar-refractivity contribution in [3.63, 3.8) is 0 Å². The average molecular weight is 386 g/mol. The van der Waals surface area contributed by atoms with E-state index in [1.165, 1.54) is 10.9 Å². The fraction of sp³-hybridized carbons (Fsp3) is 0.591. The molecule has 0 unspecified atom stereocenters. The Morgan fingerprint density at radius 3 is 2.68 bits per heavy atom. The Morgan fingerprint density at radius 2 is 1.96 bits per heavy atom. The predicted octanol–water partition coefficient (Wildman–Crippen LogP) is 3.76. The number of hydrogen-bond acceptors (Lipinski definition) is 6. The Morgan fingerprint density at radius 1 is 1.14 bits per heavy atom. The first-order valence-corrected chi connectivity index (χ1v) is 10.3. The smallest absolute Gasteiger partial charge is 0.204 e. The minimum absolute atomic E-state index is 0.364. The van der Waals surface area contributed by atoms with Crippen LogP contribution in [-0.2, 0) is 20.9 Å². The van der Waals surface area contributed by atoms with Crippen molar-refractivity contribution >= 4 is 16.6 Å². The molecule has 2 aliphatic rings.